The van der Waals surface area contributed by atoms with Crippen LogP contribution in [0.1, 0.15) is 18.9 Å². The van der Waals surface area contributed by atoms with Gasteiger partial charge in [0.15, 0.2) is 5.78 Å². The first kappa shape index (κ1) is 13.5. The van der Waals surface area contributed by atoms with Gasteiger partial charge in [-0.3, -0.25) is 9.69 Å². The molecule has 0 aromatic heterocycles. The van der Waals surface area contributed by atoms with Crippen LogP contribution < -0.4 is 0 Å². The summed E-state index contributed by atoms with van der Waals surface area (Å²) in [4.78, 5) is 24.6. The standard InChI is InChI=1S/C14H17NO4/c1-10(16)13-7-12(17)8-15(13)14(18)19-9-11-5-3-2-4-6-11/h2-6,12-13,17H,7-9H2,1H3/t12?,13-/m0/s1. The number of β-amino-alcohol motifs (C(OH)–C–C–N with tert-alkyl or cyclic N) is 1. The Hall–Kier alpha value is -1.88. The molecule has 0 aliphatic carbocycles. The van der Waals surface area contributed by atoms with Crippen LogP contribution in [0.25, 0.3) is 0 Å². The highest BCUT2D eigenvalue weighted by Crippen LogP contribution is 2.20. The van der Waals surface area contributed by atoms with Crippen molar-refractivity contribution in [1.29, 1.82) is 0 Å². The summed E-state index contributed by atoms with van der Waals surface area (Å²) < 4.78 is 5.16. The average Bonchev–Trinajstić information content (AvgIpc) is 2.79. The number of ketones is 1. The number of rotatable bonds is 3. The number of hydrogen-bond acceptors (Lipinski definition) is 4. The third kappa shape index (κ3) is 3.32. The van der Waals surface area contributed by atoms with Crippen molar-refractivity contribution in [3.63, 3.8) is 0 Å². The summed E-state index contributed by atoms with van der Waals surface area (Å²) in [6.07, 6.45) is -0.922. The topological polar surface area (TPSA) is 66.8 Å². The van der Waals surface area contributed by atoms with Crippen LogP contribution in [0.4, 0.5) is 4.79 Å². The summed E-state index contributed by atoms with van der Waals surface area (Å²) in [6.45, 7) is 1.73. The summed E-state index contributed by atoms with van der Waals surface area (Å²) in [5.41, 5.74) is 0.884. The second-order valence-electron chi connectivity index (χ2n) is 4.71. The van der Waals surface area contributed by atoms with Crippen molar-refractivity contribution < 1.29 is 19.4 Å². The van der Waals surface area contributed by atoms with Crippen LogP contribution >= 0.6 is 0 Å². The Kier molecular flexibility index (Phi) is 4.16. The fraction of sp³-hybridized carbons (Fsp3) is 0.429. The molecule has 1 N–H and O–H groups in total. The molecule has 1 saturated heterocycles. The summed E-state index contributed by atoms with van der Waals surface area (Å²) in [7, 11) is 0. The first-order valence-electron chi connectivity index (χ1n) is 6.23. The number of carbonyl (C=O) groups is 2. The summed E-state index contributed by atoms with van der Waals surface area (Å²) >= 11 is 0. The zero-order chi connectivity index (χ0) is 13.8. The Labute approximate surface area is 111 Å². The lowest BCUT2D eigenvalue weighted by molar-refractivity contribution is -0.120. The van der Waals surface area contributed by atoms with Gasteiger partial charge >= 0.3 is 6.09 Å². The Balaban J connectivity index is 1.94. The lowest BCUT2D eigenvalue weighted by Crippen LogP contribution is -2.40. The zero-order valence-corrected chi connectivity index (χ0v) is 10.8. The van der Waals surface area contributed by atoms with Crippen molar-refractivity contribution >= 4 is 11.9 Å². The van der Waals surface area contributed by atoms with Gasteiger partial charge in [-0.05, 0) is 12.5 Å². The molecule has 0 saturated carbocycles. The molecule has 19 heavy (non-hydrogen) atoms. The number of ether oxygens (including phenoxy) is 1. The van der Waals surface area contributed by atoms with Gasteiger partial charge < -0.3 is 9.84 Å². The quantitative estimate of drug-likeness (QED) is 0.893. The highest BCUT2D eigenvalue weighted by Gasteiger charge is 2.37. The van der Waals surface area contributed by atoms with Crippen molar-refractivity contribution in [3.05, 3.63) is 35.9 Å². The van der Waals surface area contributed by atoms with Gasteiger partial charge in [0, 0.05) is 6.42 Å². The van der Waals surface area contributed by atoms with Crippen molar-refractivity contribution in [2.24, 2.45) is 0 Å². The minimum atomic E-state index is -0.654. The van der Waals surface area contributed by atoms with Gasteiger partial charge in [-0.2, -0.15) is 0 Å². The van der Waals surface area contributed by atoms with Crippen LogP contribution in [0.2, 0.25) is 0 Å². The Bertz CT molecular complexity index is 460. The van der Waals surface area contributed by atoms with E-state index in [0.29, 0.717) is 0 Å². The van der Waals surface area contributed by atoms with E-state index in [0.717, 1.165) is 5.56 Å². The van der Waals surface area contributed by atoms with Crippen LogP contribution in [0.3, 0.4) is 0 Å². The average molecular weight is 263 g/mol. The van der Waals surface area contributed by atoms with E-state index >= 15 is 0 Å². The monoisotopic (exact) mass is 263 g/mol. The number of benzene rings is 1. The van der Waals surface area contributed by atoms with Gasteiger partial charge in [-0.25, -0.2) is 4.79 Å². The van der Waals surface area contributed by atoms with Crippen LogP contribution in [-0.4, -0.2) is 40.6 Å². The summed E-state index contributed by atoms with van der Waals surface area (Å²) in [5, 5.41) is 9.55. The molecular weight excluding hydrogens is 246 g/mol. The summed E-state index contributed by atoms with van der Waals surface area (Å²) in [5.74, 6) is -0.131. The van der Waals surface area contributed by atoms with Gasteiger partial charge in [-0.15, -0.1) is 0 Å². The maximum Gasteiger partial charge on any atom is 0.410 e. The van der Waals surface area contributed by atoms with E-state index < -0.39 is 18.2 Å². The normalized spacial score (nSPS) is 22.3. The zero-order valence-electron chi connectivity index (χ0n) is 10.8. The van der Waals surface area contributed by atoms with Crippen molar-refractivity contribution in [1.82, 2.24) is 4.90 Å². The van der Waals surface area contributed by atoms with Crippen molar-refractivity contribution in [3.8, 4) is 0 Å². The van der Waals surface area contributed by atoms with E-state index in [1.165, 1.54) is 11.8 Å². The number of likely N-dealkylation sites (tertiary alicyclic amines) is 1. The molecule has 1 unspecified atom stereocenters. The second kappa shape index (κ2) is 5.84. The summed E-state index contributed by atoms with van der Waals surface area (Å²) in [6, 6.07) is 8.75. The molecule has 1 fully saturated rings. The minimum absolute atomic E-state index is 0.131. The predicted octanol–water partition coefficient (Wildman–Crippen LogP) is 1.35. The van der Waals surface area contributed by atoms with Gasteiger partial charge in [-0.1, -0.05) is 30.3 Å². The Morgan fingerprint density at radius 3 is 2.68 bits per heavy atom. The smallest absolute Gasteiger partial charge is 0.410 e. The Morgan fingerprint density at radius 1 is 1.37 bits per heavy atom. The molecular formula is C14H17NO4. The molecule has 102 valence electrons. The van der Waals surface area contributed by atoms with Crippen LogP contribution in [-0.2, 0) is 16.1 Å². The maximum absolute atomic E-state index is 11.9. The highest BCUT2D eigenvalue weighted by atomic mass is 16.6. The van der Waals surface area contributed by atoms with E-state index in [-0.39, 0.29) is 25.4 Å². The molecule has 5 nitrogen and oxygen atoms in total. The van der Waals surface area contributed by atoms with E-state index in [9.17, 15) is 14.7 Å². The number of hydrogen-bond donors (Lipinski definition) is 1. The molecule has 1 aromatic carbocycles. The van der Waals surface area contributed by atoms with Crippen molar-refractivity contribution in [2.75, 3.05) is 6.54 Å². The number of nitrogens with zero attached hydrogens (tertiary/aromatic N) is 1. The van der Waals surface area contributed by atoms with Crippen molar-refractivity contribution in [2.45, 2.75) is 32.1 Å². The van der Waals surface area contributed by atoms with E-state index in [2.05, 4.69) is 0 Å². The molecule has 0 bridgehead atoms. The number of carbonyl (C=O) groups excluding carboxylic acids is 2. The third-order valence-corrected chi connectivity index (χ3v) is 3.19. The lowest BCUT2D eigenvalue weighted by atomic mass is 10.1. The van der Waals surface area contributed by atoms with Crippen LogP contribution in [0, 0.1) is 0 Å². The number of Topliss-reactive ketones (excluding diaryl/α,β-unsaturated/α-hetero) is 1. The van der Waals surface area contributed by atoms with Gasteiger partial charge in [0.05, 0.1) is 18.7 Å². The fourth-order valence-electron chi connectivity index (χ4n) is 2.20. The largest absolute Gasteiger partial charge is 0.445 e. The molecule has 0 spiro atoms. The minimum Gasteiger partial charge on any atom is -0.445 e. The van der Waals surface area contributed by atoms with Crippen LogP contribution in [0.15, 0.2) is 30.3 Å². The molecule has 1 aromatic rings. The first-order valence-corrected chi connectivity index (χ1v) is 6.23. The highest BCUT2D eigenvalue weighted by molar-refractivity contribution is 5.86. The van der Waals surface area contributed by atoms with Crippen LogP contribution in [0.5, 0.6) is 0 Å². The molecule has 1 amide bonds. The lowest BCUT2D eigenvalue weighted by Gasteiger charge is -2.21. The molecule has 1 heterocycles. The van der Waals surface area contributed by atoms with E-state index in [4.69, 9.17) is 4.74 Å². The second-order valence-corrected chi connectivity index (χ2v) is 4.71. The third-order valence-electron chi connectivity index (χ3n) is 3.19. The first-order chi connectivity index (χ1) is 9.08. The van der Waals surface area contributed by atoms with Gasteiger partial charge in [0.2, 0.25) is 0 Å². The number of amides is 1. The number of aliphatic hydroxyl groups is 1. The molecule has 2 rings (SSSR count). The van der Waals surface area contributed by atoms with E-state index in [1.807, 2.05) is 30.3 Å². The molecule has 2 atom stereocenters. The fourth-order valence-corrected chi connectivity index (χ4v) is 2.20. The molecule has 1 aliphatic heterocycles. The maximum atomic E-state index is 11.9. The predicted molar refractivity (Wildman–Crippen MR) is 68.4 cm³/mol. The van der Waals surface area contributed by atoms with Gasteiger partial charge in [0.25, 0.3) is 0 Å². The molecule has 0 radical (unpaired) electrons. The van der Waals surface area contributed by atoms with Gasteiger partial charge in [0.1, 0.15) is 6.61 Å². The molecule has 5 heteroatoms. The molecule has 1 aliphatic rings. The van der Waals surface area contributed by atoms with E-state index in [1.54, 1.807) is 0 Å². The SMILES string of the molecule is CC(=O)[C@@H]1CC(O)CN1C(=O)OCc1ccccc1. The Morgan fingerprint density at radius 2 is 2.05 bits per heavy atom. The number of aliphatic hydroxyl groups excluding tert-OH is 1.